The first kappa shape index (κ1) is 14.6. The molecule has 0 bridgehead atoms. The van der Waals surface area contributed by atoms with Gasteiger partial charge in [0.15, 0.2) is 0 Å². The van der Waals surface area contributed by atoms with E-state index in [-0.39, 0.29) is 17.8 Å². The zero-order chi connectivity index (χ0) is 13.5. The molecule has 0 aliphatic rings. The summed E-state index contributed by atoms with van der Waals surface area (Å²) >= 11 is 0. The van der Waals surface area contributed by atoms with Gasteiger partial charge in [-0.15, -0.1) is 0 Å². The van der Waals surface area contributed by atoms with Crippen LogP contribution in [0.3, 0.4) is 0 Å². The van der Waals surface area contributed by atoms with Crippen molar-refractivity contribution in [1.82, 2.24) is 4.90 Å². The molecule has 0 aromatic heterocycles. The molecule has 0 fully saturated rings. The molecule has 0 heterocycles. The van der Waals surface area contributed by atoms with Gasteiger partial charge < -0.3 is 10.6 Å². The summed E-state index contributed by atoms with van der Waals surface area (Å²) in [5, 5.41) is 0. The zero-order valence-electron chi connectivity index (χ0n) is 11.0. The van der Waals surface area contributed by atoms with Crippen molar-refractivity contribution >= 4 is 5.91 Å². The van der Waals surface area contributed by atoms with Crippen molar-refractivity contribution in [2.45, 2.75) is 32.2 Å². The molecule has 0 aliphatic carbocycles. The third-order valence-corrected chi connectivity index (χ3v) is 3.17. The average molecular weight is 252 g/mol. The fraction of sp³-hybridized carbons (Fsp3) is 0.500. The van der Waals surface area contributed by atoms with Crippen LogP contribution in [0.15, 0.2) is 24.3 Å². The van der Waals surface area contributed by atoms with Crippen molar-refractivity contribution in [3.8, 4) is 0 Å². The number of amides is 1. The largest absolute Gasteiger partial charge is 0.339 e. The lowest BCUT2D eigenvalue weighted by atomic mass is 10.1. The van der Waals surface area contributed by atoms with Gasteiger partial charge in [-0.3, -0.25) is 4.79 Å². The van der Waals surface area contributed by atoms with E-state index < -0.39 is 0 Å². The van der Waals surface area contributed by atoms with Crippen molar-refractivity contribution < 1.29 is 9.18 Å². The Morgan fingerprint density at radius 1 is 1.39 bits per heavy atom. The van der Waals surface area contributed by atoms with Gasteiger partial charge in [-0.05, 0) is 32.4 Å². The van der Waals surface area contributed by atoms with Crippen LogP contribution in [-0.2, 0) is 4.79 Å². The lowest BCUT2D eigenvalue weighted by Crippen LogP contribution is -2.30. The highest BCUT2D eigenvalue weighted by Crippen LogP contribution is 2.22. The fourth-order valence-electron chi connectivity index (χ4n) is 1.84. The highest BCUT2D eigenvalue weighted by molar-refractivity contribution is 5.76. The second kappa shape index (κ2) is 7.11. The van der Waals surface area contributed by atoms with Gasteiger partial charge in [0.05, 0.1) is 6.04 Å². The van der Waals surface area contributed by atoms with Crippen LogP contribution in [0.25, 0.3) is 0 Å². The van der Waals surface area contributed by atoms with E-state index in [1.54, 1.807) is 30.1 Å². The average Bonchev–Trinajstić information content (AvgIpc) is 2.38. The number of nitrogens with two attached hydrogens (primary N) is 1. The van der Waals surface area contributed by atoms with E-state index in [2.05, 4.69) is 0 Å². The Morgan fingerprint density at radius 2 is 2.06 bits per heavy atom. The SMILES string of the molecule is CC(c1ccccc1F)N(C)C(=O)CCCCN. The van der Waals surface area contributed by atoms with Gasteiger partial charge in [-0.2, -0.15) is 0 Å². The molecule has 18 heavy (non-hydrogen) atoms. The van der Waals surface area contributed by atoms with Crippen LogP contribution in [0.5, 0.6) is 0 Å². The number of hydrogen-bond acceptors (Lipinski definition) is 2. The van der Waals surface area contributed by atoms with Gasteiger partial charge in [0.25, 0.3) is 0 Å². The smallest absolute Gasteiger partial charge is 0.222 e. The first-order valence-electron chi connectivity index (χ1n) is 6.28. The maximum atomic E-state index is 13.6. The van der Waals surface area contributed by atoms with Gasteiger partial charge in [0.2, 0.25) is 5.91 Å². The molecule has 0 aliphatic heterocycles. The maximum absolute atomic E-state index is 13.6. The van der Waals surface area contributed by atoms with Gasteiger partial charge >= 0.3 is 0 Å². The fourth-order valence-corrected chi connectivity index (χ4v) is 1.84. The molecule has 0 saturated carbocycles. The van der Waals surface area contributed by atoms with Gasteiger partial charge in [-0.1, -0.05) is 18.2 Å². The van der Waals surface area contributed by atoms with E-state index in [4.69, 9.17) is 5.73 Å². The number of carbonyl (C=O) groups excluding carboxylic acids is 1. The lowest BCUT2D eigenvalue weighted by Gasteiger charge is -2.25. The number of carbonyl (C=O) groups is 1. The van der Waals surface area contributed by atoms with Crippen LogP contribution < -0.4 is 5.73 Å². The minimum Gasteiger partial charge on any atom is -0.339 e. The quantitative estimate of drug-likeness (QED) is 0.791. The van der Waals surface area contributed by atoms with Crippen LogP contribution >= 0.6 is 0 Å². The molecule has 1 unspecified atom stereocenters. The van der Waals surface area contributed by atoms with Crippen molar-refractivity contribution in [3.05, 3.63) is 35.6 Å². The highest BCUT2D eigenvalue weighted by atomic mass is 19.1. The molecule has 4 heteroatoms. The predicted octanol–water partition coefficient (Wildman–Crippen LogP) is 2.47. The zero-order valence-corrected chi connectivity index (χ0v) is 11.0. The molecular weight excluding hydrogens is 231 g/mol. The number of hydrogen-bond donors (Lipinski definition) is 1. The maximum Gasteiger partial charge on any atom is 0.222 e. The van der Waals surface area contributed by atoms with Gasteiger partial charge in [0, 0.05) is 19.0 Å². The van der Waals surface area contributed by atoms with Crippen molar-refractivity contribution in [2.75, 3.05) is 13.6 Å². The summed E-state index contributed by atoms with van der Waals surface area (Å²) in [4.78, 5) is 13.5. The highest BCUT2D eigenvalue weighted by Gasteiger charge is 2.19. The van der Waals surface area contributed by atoms with E-state index in [0.29, 0.717) is 18.5 Å². The molecule has 1 atom stereocenters. The standard InChI is InChI=1S/C14H21FN2O/c1-11(12-7-3-4-8-13(12)15)17(2)14(18)9-5-6-10-16/h3-4,7-8,11H,5-6,9-10,16H2,1-2H3. The van der Waals surface area contributed by atoms with Gasteiger partial charge in [-0.25, -0.2) is 4.39 Å². The van der Waals surface area contributed by atoms with Gasteiger partial charge in [0.1, 0.15) is 5.82 Å². The van der Waals surface area contributed by atoms with Crippen LogP contribution in [0.4, 0.5) is 4.39 Å². The molecule has 1 amide bonds. The molecule has 0 radical (unpaired) electrons. The summed E-state index contributed by atoms with van der Waals surface area (Å²) in [5.41, 5.74) is 5.94. The molecule has 100 valence electrons. The molecule has 2 N–H and O–H groups in total. The first-order chi connectivity index (χ1) is 8.57. The first-order valence-corrected chi connectivity index (χ1v) is 6.28. The van der Waals surface area contributed by atoms with Crippen molar-refractivity contribution in [2.24, 2.45) is 5.73 Å². The summed E-state index contributed by atoms with van der Waals surface area (Å²) in [6.07, 6.45) is 2.09. The number of benzene rings is 1. The minimum absolute atomic E-state index is 0.0270. The number of halogens is 1. The molecule has 0 spiro atoms. The Labute approximate surface area is 108 Å². The monoisotopic (exact) mass is 252 g/mol. The van der Waals surface area contributed by atoms with Crippen molar-refractivity contribution in [3.63, 3.8) is 0 Å². The summed E-state index contributed by atoms with van der Waals surface area (Å²) in [6.45, 7) is 2.43. The summed E-state index contributed by atoms with van der Waals surface area (Å²) in [5.74, 6) is -0.245. The van der Waals surface area contributed by atoms with Crippen LogP contribution in [-0.4, -0.2) is 24.4 Å². The van der Waals surface area contributed by atoms with Crippen LogP contribution in [0, 0.1) is 5.82 Å². The predicted molar refractivity (Wildman–Crippen MR) is 70.5 cm³/mol. The molecule has 1 rings (SSSR count). The van der Waals surface area contributed by atoms with E-state index in [0.717, 1.165) is 12.8 Å². The van der Waals surface area contributed by atoms with Crippen LogP contribution in [0.2, 0.25) is 0 Å². The Balaban J connectivity index is 2.63. The topological polar surface area (TPSA) is 46.3 Å². The summed E-state index contributed by atoms with van der Waals surface area (Å²) in [6, 6.07) is 6.30. The minimum atomic E-state index is -0.272. The molecule has 0 saturated heterocycles. The number of unbranched alkanes of at least 4 members (excludes halogenated alkanes) is 1. The van der Waals surface area contributed by atoms with Crippen molar-refractivity contribution in [1.29, 1.82) is 0 Å². The molecule has 1 aromatic carbocycles. The van der Waals surface area contributed by atoms with Crippen LogP contribution in [0.1, 0.15) is 37.8 Å². The van der Waals surface area contributed by atoms with E-state index in [1.165, 1.54) is 6.07 Å². The Hall–Kier alpha value is -1.42. The van der Waals surface area contributed by atoms with E-state index in [1.807, 2.05) is 6.92 Å². The lowest BCUT2D eigenvalue weighted by molar-refractivity contribution is -0.131. The number of nitrogens with zero attached hydrogens (tertiary/aromatic N) is 1. The number of rotatable bonds is 6. The van der Waals surface area contributed by atoms with E-state index >= 15 is 0 Å². The summed E-state index contributed by atoms with van der Waals surface area (Å²) in [7, 11) is 1.71. The molecular formula is C14H21FN2O. The Kier molecular flexibility index (Phi) is 5.78. The molecule has 3 nitrogen and oxygen atoms in total. The Morgan fingerprint density at radius 3 is 2.67 bits per heavy atom. The second-order valence-electron chi connectivity index (χ2n) is 4.45. The third-order valence-electron chi connectivity index (χ3n) is 3.17. The Bertz CT molecular complexity index is 395. The summed E-state index contributed by atoms with van der Waals surface area (Å²) < 4.78 is 13.6. The van der Waals surface area contributed by atoms with E-state index in [9.17, 15) is 9.18 Å². The normalized spacial score (nSPS) is 12.2. The second-order valence-corrected chi connectivity index (χ2v) is 4.45. The third kappa shape index (κ3) is 3.81. The molecule has 1 aromatic rings.